The topological polar surface area (TPSA) is 41.5 Å². The van der Waals surface area contributed by atoms with Crippen LogP contribution in [0.15, 0.2) is 42.5 Å². The summed E-state index contributed by atoms with van der Waals surface area (Å²) < 4.78 is 5.00. The zero-order valence-corrected chi connectivity index (χ0v) is 11.5. The van der Waals surface area contributed by atoms with Crippen molar-refractivity contribution in [1.29, 1.82) is 0 Å². The van der Waals surface area contributed by atoms with Crippen LogP contribution in [0.3, 0.4) is 0 Å². The number of rotatable bonds is 5. The van der Waals surface area contributed by atoms with E-state index in [0.717, 1.165) is 5.57 Å². The second-order valence-electron chi connectivity index (χ2n) is 4.89. The molecule has 0 bridgehead atoms. The van der Waals surface area contributed by atoms with Gasteiger partial charge in [0.25, 0.3) is 0 Å². The molecular weight excluding hydrogens is 238 g/mol. The molecule has 0 aromatic heterocycles. The number of benzene rings is 1. The molecule has 1 aromatic carbocycles. The summed E-state index contributed by atoms with van der Waals surface area (Å²) in [5, 5.41) is 13.6. The van der Waals surface area contributed by atoms with Gasteiger partial charge in [-0.2, -0.15) is 0 Å². The Morgan fingerprint density at radius 3 is 2.89 bits per heavy atom. The van der Waals surface area contributed by atoms with Crippen LogP contribution in [-0.4, -0.2) is 31.1 Å². The van der Waals surface area contributed by atoms with Gasteiger partial charge in [0.15, 0.2) is 0 Å². The lowest BCUT2D eigenvalue weighted by molar-refractivity contribution is 0.0500. The van der Waals surface area contributed by atoms with Crippen molar-refractivity contribution in [2.24, 2.45) is 0 Å². The molecule has 102 valence electrons. The summed E-state index contributed by atoms with van der Waals surface area (Å²) >= 11 is 0. The van der Waals surface area contributed by atoms with Gasteiger partial charge in [0.05, 0.1) is 6.61 Å². The molecule has 3 heteroatoms. The van der Waals surface area contributed by atoms with Gasteiger partial charge >= 0.3 is 0 Å². The number of hydrogen-bond donors (Lipinski definition) is 2. The Balaban J connectivity index is 2.11. The zero-order chi connectivity index (χ0) is 13.7. The van der Waals surface area contributed by atoms with E-state index < -0.39 is 5.72 Å². The summed E-state index contributed by atoms with van der Waals surface area (Å²) in [5.74, 6) is 0. The van der Waals surface area contributed by atoms with Crippen molar-refractivity contribution in [2.75, 3.05) is 20.3 Å². The monoisotopic (exact) mass is 259 g/mol. The number of aliphatic hydroxyl groups is 1. The van der Waals surface area contributed by atoms with Gasteiger partial charge < -0.3 is 9.84 Å². The van der Waals surface area contributed by atoms with Crippen LogP contribution in [0.1, 0.15) is 17.5 Å². The molecule has 0 amide bonds. The number of hydrogen-bond acceptors (Lipinski definition) is 3. The maximum Gasteiger partial charge on any atom is 0.139 e. The van der Waals surface area contributed by atoms with E-state index in [2.05, 4.69) is 30.4 Å². The van der Waals surface area contributed by atoms with Gasteiger partial charge in [-0.1, -0.05) is 36.4 Å². The molecule has 0 spiro atoms. The molecule has 0 saturated carbocycles. The molecule has 3 nitrogen and oxygen atoms in total. The van der Waals surface area contributed by atoms with Gasteiger partial charge in [-0.15, -0.1) is 0 Å². The molecule has 2 rings (SSSR count). The first kappa shape index (κ1) is 14.0. The van der Waals surface area contributed by atoms with Crippen LogP contribution in [0, 0.1) is 6.92 Å². The summed E-state index contributed by atoms with van der Waals surface area (Å²) in [7, 11) is 1.65. The van der Waals surface area contributed by atoms with Crippen LogP contribution in [0.2, 0.25) is 0 Å². The smallest absolute Gasteiger partial charge is 0.139 e. The van der Waals surface area contributed by atoms with Gasteiger partial charge in [0.1, 0.15) is 5.72 Å². The van der Waals surface area contributed by atoms with Crippen molar-refractivity contribution in [3.8, 4) is 0 Å². The van der Waals surface area contributed by atoms with E-state index in [-0.39, 0.29) is 0 Å². The molecule has 0 radical (unpaired) electrons. The van der Waals surface area contributed by atoms with Crippen molar-refractivity contribution >= 4 is 5.57 Å². The SMILES string of the molecule is COCCNC1(O)C=CC=C(c2ccccc2C)C1. The third-order valence-corrected chi connectivity index (χ3v) is 3.36. The largest absolute Gasteiger partial charge is 0.383 e. The summed E-state index contributed by atoms with van der Waals surface area (Å²) in [5.41, 5.74) is 2.58. The summed E-state index contributed by atoms with van der Waals surface area (Å²) in [6.45, 7) is 3.30. The zero-order valence-electron chi connectivity index (χ0n) is 11.5. The second-order valence-corrected chi connectivity index (χ2v) is 4.89. The van der Waals surface area contributed by atoms with Crippen molar-refractivity contribution in [1.82, 2.24) is 5.32 Å². The van der Waals surface area contributed by atoms with Crippen molar-refractivity contribution in [2.45, 2.75) is 19.1 Å². The van der Waals surface area contributed by atoms with Crippen LogP contribution >= 0.6 is 0 Å². The van der Waals surface area contributed by atoms with E-state index in [9.17, 15) is 5.11 Å². The average Bonchev–Trinajstić information content (AvgIpc) is 2.39. The fourth-order valence-electron chi connectivity index (χ4n) is 2.34. The molecule has 0 saturated heterocycles. The highest BCUT2D eigenvalue weighted by Crippen LogP contribution is 2.30. The highest BCUT2D eigenvalue weighted by atomic mass is 16.5. The molecule has 19 heavy (non-hydrogen) atoms. The van der Waals surface area contributed by atoms with Gasteiger partial charge in [0.2, 0.25) is 0 Å². The van der Waals surface area contributed by atoms with Crippen LogP contribution in [0.4, 0.5) is 0 Å². The maximum absolute atomic E-state index is 10.5. The third-order valence-electron chi connectivity index (χ3n) is 3.36. The van der Waals surface area contributed by atoms with Crippen LogP contribution in [0.5, 0.6) is 0 Å². The lowest BCUT2D eigenvalue weighted by Gasteiger charge is -2.30. The number of allylic oxidation sites excluding steroid dienone is 2. The Labute approximate surface area is 114 Å². The molecular formula is C16H21NO2. The Kier molecular flexibility index (Phi) is 4.53. The number of nitrogens with one attached hydrogen (secondary N) is 1. The van der Waals surface area contributed by atoms with E-state index in [1.54, 1.807) is 13.2 Å². The minimum absolute atomic E-state index is 0.568. The minimum Gasteiger partial charge on any atom is -0.383 e. The molecule has 1 aromatic rings. The molecule has 0 fully saturated rings. The maximum atomic E-state index is 10.5. The number of ether oxygens (including phenoxy) is 1. The molecule has 0 aliphatic heterocycles. The average molecular weight is 259 g/mol. The highest BCUT2D eigenvalue weighted by Gasteiger charge is 2.27. The fraction of sp³-hybridized carbons (Fsp3) is 0.375. The summed E-state index contributed by atoms with van der Waals surface area (Å²) in [4.78, 5) is 0. The predicted molar refractivity (Wildman–Crippen MR) is 77.7 cm³/mol. The van der Waals surface area contributed by atoms with E-state index in [0.29, 0.717) is 19.6 Å². The van der Waals surface area contributed by atoms with Crippen molar-refractivity contribution in [3.63, 3.8) is 0 Å². The van der Waals surface area contributed by atoms with E-state index in [1.807, 2.05) is 18.2 Å². The standard InChI is InChI=1S/C16H21NO2/c1-13-6-3-4-8-15(13)14-7-5-9-16(18,12-14)17-10-11-19-2/h3-9,17-18H,10-12H2,1-2H3. The summed E-state index contributed by atoms with van der Waals surface area (Å²) in [6.07, 6.45) is 6.34. The van der Waals surface area contributed by atoms with Crippen LogP contribution in [0.25, 0.3) is 5.57 Å². The predicted octanol–water partition coefficient (Wildman–Crippen LogP) is 2.26. The van der Waals surface area contributed by atoms with Crippen molar-refractivity contribution < 1.29 is 9.84 Å². The lowest BCUT2D eigenvalue weighted by atomic mass is 9.89. The van der Waals surface area contributed by atoms with Crippen molar-refractivity contribution in [3.05, 3.63) is 53.6 Å². The quantitative estimate of drug-likeness (QED) is 0.629. The van der Waals surface area contributed by atoms with Gasteiger partial charge in [-0.25, -0.2) is 0 Å². The molecule has 1 aliphatic carbocycles. The van der Waals surface area contributed by atoms with E-state index in [4.69, 9.17) is 4.74 Å². The Hall–Kier alpha value is -1.42. The van der Waals surface area contributed by atoms with Crippen LogP contribution in [-0.2, 0) is 4.74 Å². The second kappa shape index (κ2) is 6.15. The van der Waals surface area contributed by atoms with Gasteiger partial charge in [-0.05, 0) is 29.7 Å². The molecule has 2 N–H and O–H groups in total. The highest BCUT2D eigenvalue weighted by molar-refractivity contribution is 5.71. The van der Waals surface area contributed by atoms with E-state index in [1.165, 1.54) is 11.1 Å². The third kappa shape index (κ3) is 3.53. The first-order chi connectivity index (χ1) is 9.14. The summed E-state index contributed by atoms with van der Waals surface area (Å²) in [6, 6.07) is 8.24. The Morgan fingerprint density at radius 1 is 1.37 bits per heavy atom. The first-order valence-corrected chi connectivity index (χ1v) is 6.55. The van der Waals surface area contributed by atoms with Gasteiger partial charge in [-0.3, -0.25) is 5.32 Å². The van der Waals surface area contributed by atoms with Gasteiger partial charge in [0, 0.05) is 20.1 Å². The number of methoxy groups -OCH3 is 1. The first-order valence-electron chi connectivity index (χ1n) is 6.55. The Morgan fingerprint density at radius 2 is 2.16 bits per heavy atom. The molecule has 1 unspecified atom stereocenters. The van der Waals surface area contributed by atoms with Crippen LogP contribution < -0.4 is 5.32 Å². The molecule has 1 atom stereocenters. The number of aryl methyl sites for hydroxylation is 1. The lowest BCUT2D eigenvalue weighted by Crippen LogP contribution is -2.45. The normalized spacial score (nSPS) is 22.4. The van der Waals surface area contributed by atoms with E-state index >= 15 is 0 Å². The molecule has 0 heterocycles. The Bertz CT molecular complexity index is 493. The molecule has 1 aliphatic rings. The fourth-order valence-corrected chi connectivity index (χ4v) is 2.34. The minimum atomic E-state index is -0.981.